The van der Waals surface area contributed by atoms with Crippen LogP contribution in [0, 0.1) is 0 Å². The van der Waals surface area contributed by atoms with Crippen molar-refractivity contribution >= 4 is 17.4 Å². The maximum atomic E-state index is 10.3. The Hall–Kier alpha value is -1.96. The van der Waals surface area contributed by atoms with Crippen LogP contribution >= 0.6 is 11.3 Å². The lowest BCUT2D eigenvalue weighted by molar-refractivity contribution is 0.135. The van der Waals surface area contributed by atoms with E-state index in [0.29, 0.717) is 12.2 Å². The van der Waals surface area contributed by atoms with E-state index >= 15 is 0 Å². The molecule has 2 heterocycles. The van der Waals surface area contributed by atoms with Crippen molar-refractivity contribution < 1.29 is 14.1 Å². The summed E-state index contributed by atoms with van der Waals surface area (Å²) in [6.45, 7) is -0.106. The third kappa shape index (κ3) is 2.76. The molecule has 0 atom stereocenters. The van der Waals surface area contributed by atoms with Gasteiger partial charge >= 0.3 is 6.09 Å². The molecule has 2 rings (SSSR count). The molecule has 0 aliphatic carbocycles. The van der Waals surface area contributed by atoms with Crippen molar-refractivity contribution in [2.24, 2.45) is 5.73 Å². The summed E-state index contributed by atoms with van der Waals surface area (Å²) in [5, 5.41) is 3.73. The van der Waals surface area contributed by atoms with Crippen LogP contribution in [0.4, 0.5) is 4.79 Å². The Bertz CT molecular complexity index is 467. The molecule has 0 bridgehead atoms. The lowest BCUT2D eigenvalue weighted by Gasteiger charge is -1.93. The maximum absolute atomic E-state index is 10.3. The Kier molecular flexibility index (Phi) is 3.10. The Morgan fingerprint density at radius 2 is 2.50 bits per heavy atom. The van der Waals surface area contributed by atoms with E-state index in [-0.39, 0.29) is 12.5 Å². The zero-order chi connectivity index (χ0) is 11.4. The third-order valence-electron chi connectivity index (χ3n) is 1.66. The largest absolute Gasteiger partial charge is 0.440 e. The molecule has 0 spiro atoms. The average molecular weight is 240 g/mol. The predicted octanol–water partition coefficient (Wildman–Crippen LogP) is 0.712. The van der Waals surface area contributed by atoms with Gasteiger partial charge in [0.05, 0.1) is 5.51 Å². The number of carbonyl (C=O) groups is 1. The number of carbonyl (C=O) groups excluding carboxylic acids is 1. The molecule has 0 radical (unpaired) electrons. The number of primary amides is 1. The molecule has 0 saturated heterocycles. The Balaban J connectivity index is 1.94. The fourth-order valence-corrected chi connectivity index (χ4v) is 1.63. The second-order valence-electron chi connectivity index (χ2n) is 2.86. The molecule has 2 aromatic rings. The summed E-state index contributed by atoms with van der Waals surface area (Å²) in [6, 6.07) is 0. The van der Waals surface area contributed by atoms with E-state index in [1.165, 1.54) is 11.3 Å². The van der Waals surface area contributed by atoms with E-state index in [4.69, 9.17) is 10.3 Å². The molecule has 0 fully saturated rings. The highest BCUT2D eigenvalue weighted by molar-refractivity contribution is 7.09. The van der Waals surface area contributed by atoms with Crippen LogP contribution in [0.2, 0.25) is 0 Å². The highest BCUT2D eigenvalue weighted by Crippen LogP contribution is 2.10. The summed E-state index contributed by atoms with van der Waals surface area (Å²) in [7, 11) is 0. The van der Waals surface area contributed by atoms with Crippen LogP contribution in [0.1, 0.15) is 16.6 Å². The molecule has 1 amide bonds. The van der Waals surface area contributed by atoms with Crippen LogP contribution < -0.4 is 5.73 Å². The highest BCUT2D eigenvalue weighted by Gasteiger charge is 2.09. The van der Waals surface area contributed by atoms with Gasteiger partial charge in [0.15, 0.2) is 12.4 Å². The summed E-state index contributed by atoms with van der Waals surface area (Å²) in [6.07, 6.45) is 1.41. The van der Waals surface area contributed by atoms with Crippen molar-refractivity contribution in [2.75, 3.05) is 0 Å². The monoisotopic (exact) mass is 240 g/mol. The molecule has 2 N–H and O–H groups in total. The Morgan fingerprint density at radius 3 is 3.19 bits per heavy atom. The minimum Gasteiger partial charge on any atom is -0.440 e. The van der Waals surface area contributed by atoms with Gasteiger partial charge in [-0.1, -0.05) is 5.16 Å². The van der Waals surface area contributed by atoms with Crippen molar-refractivity contribution in [3.05, 3.63) is 28.3 Å². The van der Waals surface area contributed by atoms with E-state index in [0.717, 1.165) is 4.88 Å². The van der Waals surface area contributed by atoms with Gasteiger partial charge in [-0.2, -0.15) is 4.98 Å². The van der Waals surface area contributed by atoms with Crippen LogP contribution in [0.3, 0.4) is 0 Å². The normalized spacial score (nSPS) is 10.2. The number of nitrogens with two attached hydrogens (primary N) is 1. The predicted molar refractivity (Wildman–Crippen MR) is 53.6 cm³/mol. The molecule has 2 aromatic heterocycles. The van der Waals surface area contributed by atoms with Crippen LogP contribution in [0.15, 0.2) is 16.2 Å². The Labute approximate surface area is 94.2 Å². The van der Waals surface area contributed by atoms with Crippen LogP contribution in [-0.4, -0.2) is 21.2 Å². The van der Waals surface area contributed by atoms with E-state index in [2.05, 4.69) is 19.9 Å². The fraction of sp³-hybridized carbons (Fsp3) is 0.250. The van der Waals surface area contributed by atoms with Gasteiger partial charge in [-0.15, -0.1) is 11.3 Å². The second-order valence-corrected chi connectivity index (χ2v) is 3.83. The maximum Gasteiger partial charge on any atom is 0.405 e. The summed E-state index contributed by atoms with van der Waals surface area (Å²) < 4.78 is 9.36. The van der Waals surface area contributed by atoms with E-state index < -0.39 is 6.09 Å². The van der Waals surface area contributed by atoms with Crippen LogP contribution in [0.5, 0.6) is 0 Å². The van der Waals surface area contributed by atoms with Crippen LogP contribution in [-0.2, 0) is 17.8 Å². The van der Waals surface area contributed by atoms with Gasteiger partial charge in [0, 0.05) is 17.5 Å². The number of aromatic nitrogens is 3. The number of thiazole rings is 1. The van der Waals surface area contributed by atoms with E-state index in [1.807, 2.05) is 0 Å². The number of nitrogens with zero attached hydrogens (tertiary/aromatic N) is 3. The Morgan fingerprint density at radius 1 is 1.62 bits per heavy atom. The molecular weight excluding hydrogens is 232 g/mol. The number of amides is 1. The van der Waals surface area contributed by atoms with Gasteiger partial charge in [-0.05, 0) is 0 Å². The fourth-order valence-electron chi connectivity index (χ4n) is 1.04. The number of hydrogen-bond donors (Lipinski definition) is 1. The SMILES string of the molecule is NC(=O)OCc1nc(Cc2cncs2)no1. The van der Waals surface area contributed by atoms with Crippen molar-refractivity contribution in [3.8, 4) is 0 Å². The average Bonchev–Trinajstić information content (AvgIpc) is 2.87. The van der Waals surface area contributed by atoms with E-state index in [9.17, 15) is 4.79 Å². The second kappa shape index (κ2) is 4.71. The number of rotatable bonds is 4. The van der Waals surface area contributed by atoms with Gasteiger partial charge in [0.1, 0.15) is 0 Å². The lowest BCUT2D eigenvalue weighted by Crippen LogP contribution is -2.12. The van der Waals surface area contributed by atoms with Crippen molar-refractivity contribution in [1.29, 1.82) is 0 Å². The molecule has 16 heavy (non-hydrogen) atoms. The summed E-state index contributed by atoms with van der Waals surface area (Å²) in [5.41, 5.74) is 6.53. The lowest BCUT2D eigenvalue weighted by atomic mass is 10.4. The van der Waals surface area contributed by atoms with Gasteiger partial charge in [-0.25, -0.2) is 4.79 Å². The summed E-state index contributed by atoms with van der Waals surface area (Å²) in [5.74, 6) is 0.741. The van der Waals surface area contributed by atoms with E-state index in [1.54, 1.807) is 11.7 Å². The van der Waals surface area contributed by atoms with Gasteiger partial charge in [0.25, 0.3) is 5.89 Å². The smallest absolute Gasteiger partial charge is 0.405 e. The summed E-state index contributed by atoms with van der Waals surface area (Å²) in [4.78, 5) is 19.3. The molecule has 0 aliphatic rings. The quantitative estimate of drug-likeness (QED) is 0.843. The minimum atomic E-state index is -0.873. The topological polar surface area (TPSA) is 104 Å². The first-order chi connectivity index (χ1) is 7.74. The molecule has 0 aliphatic heterocycles. The molecular formula is C8H8N4O3S. The molecule has 8 heteroatoms. The third-order valence-corrected chi connectivity index (χ3v) is 2.44. The molecule has 84 valence electrons. The van der Waals surface area contributed by atoms with Crippen molar-refractivity contribution in [1.82, 2.24) is 15.1 Å². The number of ether oxygens (including phenoxy) is 1. The van der Waals surface area contributed by atoms with Crippen LogP contribution in [0.25, 0.3) is 0 Å². The van der Waals surface area contributed by atoms with Crippen molar-refractivity contribution in [3.63, 3.8) is 0 Å². The first-order valence-electron chi connectivity index (χ1n) is 4.35. The molecule has 0 aromatic carbocycles. The van der Waals surface area contributed by atoms with Gasteiger partial charge in [-0.3, -0.25) is 4.98 Å². The molecule has 0 saturated carbocycles. The first kappa shape index (κ1) is 10.6. The highest BCUT2D eigenvalue weighted by atomic mass is 32.1. The number of hydrogen-bond acceptors (Lipinski definition) is 7. The van der Waals surface area contributed by atoms with Gasteiger partial charge < -0.3 is 15.0 Å². The summed E-state index contributed by atoms with van der Waals surface area (Å²) >= 11 is 1.51. The zero-order valence-electron chi connectivity index (χ0n) is 8.12. The first-order valence-corrected chi connectivity index (χ1v) is 5.23. The van der Waals surface area contributed by atoms with Gasteiger partial charge in [0.2, 0.25) is 0 Å². The van der Waals surface area contributed by atoms with Crippen molar-refractivity contribution in [2.45, 2.75) is 13.0 Å². The zero-order valence-corrected chi connectivity index (χ0v) is 8.94. The standard InChI is InChI=1S/C8H8N4O3S/c9-8(13)14-3-7-11-6(12-15-7)1-5-2-10-4-16-5/h2,4H,1,3H2,(H2,9,13). The molecule has 7 nitrogen and oxygen atoms in total. The minimum absolute atomic E-state index is 0.106. The molecule has 0 unspecified atom stereocenters.